The highest BCUT2D eigenvalue weighted by Crippen LogP contribution is 2.65. The van der Waals surface area contributed by atoms with Crippen molar-refractivity contribution in [1.29, 1.82) is 0 Å². The normalized spacial score (nSPS) is 17.8. The van der Waals surface area contributed by atoms with Crippen molar-refractivity contribution in [2.45, 2.75) is 66.1 Å². The Kier molecular flexibility index (Phi) is 8.06. The Bertz CT molecular complexity index is 683. The number of hydrogen-bond acceptors (Lipinski definition) is 2. The first kappa shape index (κ1) is 31.7. The fourth-order valence-corrected chi connectivity index (χ4v) is 2.28. The first-order valence-corrected chi connectivity index (χ1v) is 7.93. The van der Waals surface area contributed by atoms with E-state index in [1.54, 1.807) is 0 Å². The predicted molar refractivity (Wildman–Crippen MR) is 71.9 cm³/mol. The van der Waals surface area contributed by atoms with Gasteiger partial charge in [-0.15, -0.1) is 0 Å². The van der Waals surface area contributed by atoms with Crippen LogP contribution in [0.15, 0.2) is 0 Å². The van der Waals surface area contributed by atoms with E-state index in [1.807, 2.05) is 0 Å². The lowest BCUT2D eigenvalue weighted by atomic mass is 9.82. The van der Waals surface area contributed by atoms with Crippen LogP contribution in [0.25, 0.3) is 0 Å². The highest BCUT2D eigenvalue weighted by atomic mass is 19.4. The highest BCUT2D eigenvalue weighted by molar-refractivity contribution is 5.18. The number of rotatable bonds is 11. The van der Waals surface area contributed by atoms with Gasteiger partial charge in [-0.3, -0.25) is 0 Å². The fraction of sp³-hybridized carbons (Fsp3) is 1.00. The second-order valence-corrected chi connectivity index (χ2v) is 6.53. The fourth-order valence-electron chi connectivity index (χ4n) is 2.28. The van der Waals surface area contributed by atoms with Crippen LogP contribution in [0.3, 0.4) is 0 Å². The molecule has 0 saturated heterocycles. The lowest BCUT2D eigenvalue weighted by Gasteiger charge is -2.45. The monoisotopic (exact) mass is 538 g/mol. The van der Waals surface area contributed by atoms with E-state index in [0.29, 0.717) is 0 Å². The maximum atomic E-state index is 13.8. The van der Waals surface area contributed by atoms with Gasteiger partial charge in [0.05, 0.1) is 0 Å². The molecular weight excluding hydrogens is 526 g/mol. The maximum Gasteiger partial charge on any atom is 0.428 e. The molecule has 0 amide bonds. The highest BCUT2D eigenvalue weighted by Gasteiger charge is 2.95. The molecule has 0 fully saturated rings. The molecule has 200 valence electrons. The molecule has 1 unspecified atom stereocenters. The van der Waals surface area contributed by atoms with Crippen LogP contribution in [-0.4, -0.2) is 66.4 Å². The SMILES string of the molecule is NCCC(F)(F)C(F)(F)C(F)(F)C(F)(F)C(F)(F)C(F)(F)C(F)(F)C(F)(CCN)C(F)(F)F. The van der Waals surface area contributed by atoms with Crippen LogP contribution >= 0.6 is 0 Å². The van der Waals surface area contributed by atoms with Gasteiger partial charge in [-0.05, 0) is 13.1 Å². The average Bonchev–Trinajstić information content (AvgIpc) is 2.59. The van der Waals surface area contributed by atoms with Gasteiger partial charge in [0, 0.05) is 12.8 Å². The summed E-state index contributed by atoms with van der Waals surface area (Å²) < 4.78 is 241. The average molecular weight is 538 g/mol. The van der Waals surface area contributed by atoms with E-state index in [4.69, 9.17) is 0 Å². The van der Waals surface area contributed by atoms with E-state index in [0.717, 1.165) is 0 Å². The largest absolute Gasteiger partial charge is 0.428 e. The van der Waals surface area contributed by atoms with Crippen molar-refractivity contribution in [2.75, 3.05) is 13.1 Å². The molecule has 0 aromatic carbocycles. The summed E-state index contributed by atoms with van der Waals surface area (Å²) in [4.78, 5) is 0. The second kappa shape index (κ2) is 8.40. The van der Waals surface area contributed by atoms with Crippen LogP contribution in [0.1, 0.15) is 12.8 Å². The molecule has 1 atom stereocenters. The van der Waals surface area contributed by atoms with Crippen LogP contribution in [0.4, 0.5) is 79.0 Å². The molecule has 4 N–H and O–H groups in total. The van der Waals surface area contributed by atoms with Crippen molar-refractivity contribution in [1.82, 2.24) is 0 Å². The molecule has 2 nitrogen and oxygen atoms in total. The van der Waals surface area contributed by atoms with Crippen molar-refractivity contribution >= 4 is 0 Å². The van der Waals surface area contributed by atoms with Crippen LogP contribution in [0.2, 0.25) is 0 Å². The lowest BCUT2D eigenvalue weighted by Crippen LogP contribution is -2.76. The summed E-state index contributed by atoms with van der Waals surface area (Å²) in [7, 11) is 0. The van der Waals surface area contributed by atoms with E-state index in [9.17, 15) is 79.0 Å². The first-order chi connectivity index (χ1) is 14.1. The van der Waals surface area contributed by atoms with Crippen molar-refractivity contribution < 1.29 is 79.0 Å². The number of halogens is 18. The lowest BCUT2D eigenvalue weighted by molar-refractivity contribution is -0.457. The van der Waals surface area contributed by atoms with Crippen LogP contribution in [0, 0.1) is 0 Å². The minimum atomic E-state index is -8.69. The van der Waals surface area contributed by atoms with Crippen molar-refractivity contribution in [3.8, 4) is 0 Å². The number of hydrogen-bond donors (Lipinski definition) is 2. The summed E-state index contributed by atoms with van der Waals surface area (Å²) in [5, 5.41) is 0. The summed E-state index contributed by atoms with van der Waals surface area (Å²) in [6.45, 7) is -3.69. The summed E-state index contributed by atoms with van der Waals surface area (Å²) in [6, 6.07) is 0. The Hall–Kier alpha value is -1.34. The third-order valence-electron chi connectivity index (χ3n) is 4.33. The van der Waals surface area contributed by atoms with Gasteiger partial charge < -0.3 is 11.5 Å². The number of alkyl halides is 18. The van der Waals surface area contributed by atoms with Gasteiger partial charge in [0.15, 0.2) is 0 Å². The van der Waals surface area contributed by atoms with E-state index < -0.39 is 79.2 Å². The molecule has 33 heavy (non-hydrogen) atoms. The Morgan fingerprint density at radius 1 is 0.364 bits per heavy atom. The second-order valence-electron chi connectivity index (χ2n) is 6.53. The standard InChI is InChI=1S/C13H12F18N2/c14-5(1-3-32,13(29,30)31)7(17,18)9(21,22)11(25,26)12(27,28)10(23,24)8(19,20)6(15,16)2-4-33/h1-4,32-33H2. The molecule has 0 aromatic heterocycles. The molecule has 0 heterocycles. The quantitative estimate of drug-likeness (QED) is 0.347. The minimum absolute atomic E-state index is 1.70. The Labute approximate surface area is 171 Å². The topological polar surface area (TPSA) is 52.0 Å². The van der Waals surface area contributed by atoms with E-state index in [2.05, 4.69) is 11.5 Å². The zero-order valence-corrected chi connectivity index (χ0v) is 15.3. The summed E-state index contributed by atoms with van der Waals surface area (Å²) in [5.41, 5.74) is 1.71. The van der Waals surface area contributed by atoms with E-state index in [1.165, 1.54) is 0 Å². The summed E-state index contributed by atoms with van der Waals surface area (Å²) in [6.07, 6.45) is -13.0. The smallest absolute Gasteiger partial charge is 0.330 e. The van der Waals surface area contributed by atoms with E-state index >= 15 is 0 Å². The van der Waals surface area contributed by atoms with Crippen LogP contribution < -0.4 is 11.5 Å². The molecule has 0 aliphatic rings. The van der Waals surface area contributed by atoms with Gasteiger partial charge in [0.25, 0.3) is 5.67 Å². The van der Waals surface area contributed by atoms with Gasteiger partial charge in [0.1, 0.15) is 0 Å². The third-order valence-corrected chi connectivity index (χ3v) is 4.33. The molecule has 0 aromatic rings. The molecule has 0 bridgehead atoms. The van der Waals surface area contributed by atoms with Crippen molar-refractivity contribution in [2.24, 2.45) is 11.5 Å². The molecular formula is C13H12F18N2. The first-order valence-electron chi connectivity index (χ1n) is 7.93. The Morgan fingerprint density at radius 3 is 0.909 bits per heavy atom. The number of nitrogens with two attached hydrogens (primary N) is 2. The predicted octanol–water partition coefficient (Wildman–Crippen LogP) is 5.40. The molecule has 0 radical (unpaired) electrons. The zero-order chi connectivity index (χ0) is 27.3. The van der Waals surface area contributed by atoms with Gasteiger partial charge in [-0.1, -0.05) is 0 Å². The van der Waals surface area contributed by atoms with Gasteiger partial charge in [-0.25, -0.2) is 4.39 Å². The van der Waals surface area contributed by atoms with Crippen molar-refractivity contribution in [3.63, 3.8) is 0 Å². The molecule has 0 spiro atoms. The molecule has 0 aliphatic carbocycles. The van der Waals surface area contributed by atoms with Crippen LogP contribution in [0.5, 0.6) is 0 Å². The van der Waals surface area contributed by atoms with Gasteiger partial charge in [0.2, 0.25) is 0 Å². The molecule has 20 heteroatoms. The summed E-state index contributed by atoms with van der Waals surface area (Å²) >= 11 is 0. The zero-order valence-electron chi connectivity index (χ0n) is 15.3. The molecule has 0 aliphatic heterocycles. The third kappa shape index (κ3) is 4.07. The van der Waals surface area contributed by atoms with Crippen LogP contribution in [-0.2, 0) is 0 Å². The maximum absolute atomic E-state index is 13.8. The Balaban J connectivity index is 6.98. The summed E-state index contributed by atoms with van der Waals surface area (Å²) in [5.74, 6) is -56.4. The van der Waals surface area contributed by atoms with Gasteiger partial charge >= 0.3 is 47.6 Å². The molecule has 0 saturated carbocycles. The van der Waals surface area contributed by atoms with Gasteiger partial charge in [-0.2, -0.15) is 74.6 Å². The van der Waals surface area contributed by atoms with E-state index in [-0.39, 0.29) is 0 Å². The molecule has 0 rings (SSSR count). The minimum Gasteiger partial charge on any atom is -0.330 e. The van der Waals surface area contributed by atoms with Crippen molar-refractivity contribution in [3.05, 3.63) is 0 Å². The Morgan fingerprint density at radius 2 is 0.636 bits per heavy atom.